The predicted molar refractivity (Wildman–Crippen MR) is 118 cm³/mol. The molecule has 3 aromatic rings. The van der Waals surface area contributed by atoms with E-state index in [1.165, 1.54) is 19.2 Å². The van der Waals surface area contributed by atoms with Crippen LogP contribution in [0.15, 0.2) is 66.9 Å². The Morgan fingerprint density at radius 3 is 2.47 bits per heavy atom. The number of nitrogens with one attached hydrogen (secondary N) is 1. The summed E-state index contributed by atoms with van der Waals surface area (Å²) in [6.07, 6.45) is -2.53. The molecular formula is C23H23ClF3N3O2. The van der Waals surface area contributed by atoms with Crippen molar-refractivity contribution in [1.82, 2.24) is 9.47 Å². The van der Waals surface area contributed by atoms with E-state index in [1.54, 1.807) is 4.90 Å². The Hall–Kier alpha value is -2.97. The van der Waals surface area contributed by atoms with Gasteiger partial charge in [-0.2, -0.15) is 13.2 Å². The SMILES string of the molecule is COCCN(Cc1cccn1Cc1ccccc1Cl)C(=O)Nc1ccc(C(F)(F)F)cc1. The number of nitrogens with zero attached hydrogens (tertiary/aromatic N) is 2. The van der Waals surface area contributed by atoms with Crippen LogP contribution in [0.1, 0.15) is 16.8 Å². The molecule has 0 fully saturated rings. The minimum absolute atomic E-state index is 0.275. The first kappa shape index (κ1) is 23.7. The van der Waals surface area contributed by atoms with E-state index < -0.39 is 17.8 Å². The summed E-state index contributed by atoms with van der Waals surface area (Å²) in [5.74, 6) is 0. The van der Waals surface area contributed by atoms with Crippen molar-refractivity contribution in [3.05, 3.63) is 88.7 Å². The number of carbonyl (C=O) groups is 1. The maximum Gasteiger partial charge on any atom is 0.416 e. The molecule has 0 radical (unpaired) electrons. The van der Waals surface area contributed by atoms with Gasteiger partial charge < -0.3 is 19.5 Å². The lowest BCUT2D eigenvalue weighted by atomic mass is 10.2. The second-order valence-electron chi connectivity index (χ2n) is 7.14. The number of hydrogen-bond acceptors (Lipinski definition) is 2. The summed E-state index contributed by atoms with van der Waals surface area (Å²) < 4.78 is 45.4. The van der Waals surface area contributed by atoms with Gasteiger partial charge in [0, 0.05) is 42.8 Å². The van der Waals surface area contributed by atoms with E-state index in [9.17, 15) is 18.0 Å². The van der Waals surface area contributed by atoms with Gasteiger partial charge in [-0.15, -0.1) is 0 Å². The van der Waals surface area contributed by atoms with Crippen LogP contribution < -0.4 is 5.32 Å². The number of hydrogen-bond donors (Lipinski definition) is 1. The van der Waals surface area contributed by atoms with E-state index in [4.69, 9.17) is 16.3 Å². The van der Waals surface area contributed by atoms with Crippen LogP contribution in [0.25, 0.3) is 0 Å². The standard InChI is InChI=1S/C23H23ClF3N3O2/c1-32-14-13-30(22(31)28-19-10-8-18(9-11-19)23(25,26)27)16-20-6-4-12-29(20)15-17-5-2-3-7-21(17)24/h2-12H,13-16H2,1H3,(H,28,31). The number of amides is 2. The summed E-state index contributed by atoms with van der Waals surface area (Å²) in [6, 6.07) is 15.2. The van der Waals surface area contributed by atoms with Gasteiger partial charge in [-0.25, -0.2) is 4.79 Å². The van der Waals surface area contributed by atoms with Crippen molar-refractivity contribution in [3.8, 4) is 0 Å². The third-order valence-corrected chi connectivity index (χ3v) is 5.26. The van der Waals surface area contributed by atoms with E-state index in [0.717, 1.165) is 23.4 Å². The van der Waals surface area contributed by atoms with Crippen LogP contribution in [0.3, 0.4) is 0 Å². The lowest BCUT2D eigenvalue weighted by molar-refractivity contribution is -0.137. The first-order valence-electron chi connectivity index (χ1n) is 9.87. The van der Waals surface area contributed by atoms with Crippen molar-refractivity contribution in [3.63, 3.8) is 0 Å². The zero-order valence-electron chi connectivity index (χ0n) is 17.4. The maximum atomic E-state index is 12.9. The second kappa shape index (κ2) is 10.6. The van der Waals surface area contributed by atoms with Gasteiger partial charge in [0.15, 0.2) is 0 Å². The lowest BCUT2D eigenvalue weighted by Gasteiger charge is -2.24. The molecule has 32 heavy (non-hydrogen) atoms. The van der Waals surface area contributed by atoms with Crippen LogP contribution in [0.4, 0.5) is 23.7 Å². The average molecular weight is 466 g/mol. The normalized spacial score (nSPS) is 11.4. The Morgan fingerprint density at radius 2 is 1.81 bits per heavy atom. The highest BCUT2D eigenvalue weighted by atomic mass is 35.5. The predicted octanol–water partition coefficient (Wildman–Crippen LogP) is 5.89. The molecule has 0 spiro atoms. The topological polar surface area (TPSA) is 46.5 Å². The molecule has 0 bridgehead atoms. The fourth-order valence-corrected chi connectivity index (χ4v) is 3.35. The number of halogens is 4. The van der Waals surface area contributed by atoms with Crippen LogP contribution in [0.5, 0.6) is 0 Å². The Morgan fingerprint density at radius 1 is 1.09 bits per heavy atom. The zero-order valence-corrected chi connectivity index (χ0v) is 18.2. The van der Waals surface area contributed by atoms with E-state index in [1.807, 2.05) is 47.2 Å². The highest BCUT2D eigenvalue weighted by Gasteiger charge is 2.30. The van der Waals surface area contributed by atoms with Crippen molar-refractivity contribution < 1.29 is 22.7 Å². The lowest BCUT2D eigenvalue weighted by Crippen LogP contribution is -2.37. The zero-order chi connectivity index (χ0) is 23.1. The molecule has 0 aliphatic heterocycles. The van der Waals surface area contributed by atoms with Crippen LogP contribution in [-0.4, -0.2) is 35.8 Å². The smallest absolute Gasteiger partial charge is 0.383 e. The molecule has 0 aliphatic rings. The number of carbonyl (C=O) groups excluding carboxylic acids is 1. The van der Waals surface area contributed by atoms with E-state index >= 15 is 0 Å². The van der Waals surface area contributed by atoms with Crippen LogP contribution >= 0.6 is 11.6 Å². The summed E-state index contributed by atoms with van der Waals surface area (Å²) in [7, 11) is 1.53. The van der Waals surface area contributed by atoms with Gasteiger partial charge in [-0.05, 0) is 48.0 Å². The highest BCUT2D eigenvalue weighted by Crippen LogP contribution is 2.30. The third kappa shape index (κ3) is 6.27. The number of methoxy groups -OCH3 is 1. The van der Waals surface area contributed by atoms with Crippen LogP contribution in [0.2, 0.25) is 5.02 Å². The molecule has 0 saturated carbocycles. The molecule has 2 aromatic carbocycles. The third-order valence-electron chi connectivity index (χ3n) is 4.89. The minimum Gasteiger partial charge on any atom is -0.383 e. The first-order chi connectivity index (χ1) is 15.3. The van der Waals surface area contributed by atoms with Gasteiger partial charge >= 0.3 is 12.2 Å². The van der Waals surface area contributed by atoms with Crippen molar-refractivity contribution in [2.24, 2.45) is 0 Å². The average Bonchev–Trinajstić information content (AvgIpc) is 3.19. The molecule has 170 valence electrons. The number of benzene rings is 2. The number of rotatable bonds is 8. The van der Waals surface area contributed by atoms with E-state index in [-0.39, 0.29) is 12.2 Å². The van der Waals surface area contributed by atoms with Crippen molar-refractivity contribution in [2.75, 3.05) is 25.6 Å². The van der Waals surface area contributed by atoms with Gasteiger partial charge in [0.25, 0.3) is 0 Å². The molecule has 1 aromatic heterocycles. The van der Waals surface area contributed by atoms with Gasteiger partial charge in [0.05, 0.1) is 18.7 Å². The van der Waals surface area contributed by atoms with E-state index in [2.05, 4.69) is 5.32 Å². The fraction of sp³-hybridized carbons (Fsp3) is 0.261. The molecule has 0 atom stereocenters. The molecular weight excluding hydrogens is 443 g/mol. The molecule has 5 nitrogen and oxygen atoms in total. The molecule has 2 amide bonds. The molecule has 0 unspecified atom stereocenters. The summed E-state index contributed by atoms with van der Waals surface area (Å²) in [4.78, 5) is 14.4. The van der Waals surface area contributed by atoms with Gasteiger partial charge in [0.2, 0.25) is 0 Å². The van der Waals surface area contributed by atoms with Crippen LogP contribution in [-0.2, 0) is 24.0 Å². The van der Waals surface area contributed by atoms with E-state index in [0.29, 0.717) is 24.7 Å². The second-order valence-corrected chi connectivity index (χ2v) is 7.55. The molecule has 1 heterocycles. The summed E-state index contributed by atoms with van der Waals surface area (Å²) in [6.45, 7) is 1.44. The number of ether oxygens (including phenoxy) is 1. The molecule has 3 rings (SSSR count). The first-order valence-corrected chi connectivity index (χ1v) is 10.3. The fourth-order valence-electron chi connectivity index (χ4n) is 3.15. The number of anilines is 1. The molecule has 1 N–H and O–H groups in total. The summed E-state index contributed by atoms with van der Waals surface area (Å²) in [5, 5.41) is 3.31. The van der Waals surface area contributed by atoms with Crippen molar-refractivity contribution in [1.29, 1.82) is 0 Å². The van der Waals surface area contributed by atoms with Crippen molar-refractivity contribution >= 4 is 23.3 Å². The van der Waals surface area contributed by atoms with Crippen LogP contribution in [0, 0.1) is 0 Å². The number of urea groups is 1. The molecule has 9 heteroatoms. The summed E-state index contributed by atoms with van der Waals surface area (Å²) >= 11 is 6.27. The largest absolute Gasteiger partial charge is 0.416 e. The minimum atomic E-state index is -4.43. The molecule has 0 saturated heterocycles. The Kier molecular flexibility index (Phi) is 7.82. The summed E-state index contributed by atoms with van der Waals surface area (Å²) in [5.41, 5.74) is 1.33. The Labute approximate surface area is 189 Å². The van der Waals surface area contributed by atoms with Crippen molar-refractivity contribution in [2.45, 2.75) is 19.3 Å². The number of aromatic nitrogens is 1. The van der Waals surface area contributed by atoms with Gasteiger partial charge in [0.1, 0.15) is 0 Å². The Balaban J connectivity index is 1.72. The maximum absolute atomic E-state index is 12.9. The quantitative estimate of drug-likeness (QED) is 0.451. The highest BCUT2D eigenvalue weighted by molar-refractivity contribution is 6.31. The Bertz CT molecular complexity index is 1040. The number of alkyl halides is 3. The van der Waals surface area contributed by atoms with Gasteiger partial charge in [-0.3, -0.25) is 0 Å². The van der Waals surface area contributed by atoms with Gasteiger partial charge in [-0.1, -0.05) is 29.8 Å². The molecule has 0 aliphatic carbocycles. The monoisotopic (exact) mass is 465 g/mol.